The molecule has 0 saturated heterocycles. The van der Waals surface area contributed by atoms with E-state index in [4.69, 9.17) is 4.74 Å². The Labute approximate surface area is 149 Å². The van der Waals surface area contributed by atoms with Crippen LogP contribution in [0.5, 0.6) is 0 Å². The molecule has 0 aliphatic heterocycles. The molecule has 4 nitrogen and oxygen atoms in total. The van der Waals surface area contributed by atoms with Crippen LogP contribution in [0.4, 0.5) is 0 Å². The summed E-state index contributed by atoms with van der Waals surface area (Å²) in [4.78, 5) is 0. The fourth-order valence-electron chi connectivity index (χ4n) is 3.01. The van der Waals surface area contributed by atoms with Gasteiger partial charge in [0.15, 0.2) is 0 Å². The van der Waals surface area contributed by atoms with Gasteiger partial charge in [-0.15, -0.1) is 0 Å². The first-order valence-corrected chi connectivity index (χ1v) is 10.0. The molecule has 24 heavy (non-hydrogen) atoms. The molecule has 0 saturated carbocycles. The molecular formula is C20H42O4. The van der Waals surface area contributed by atoms with E-state index in [-0.39, 0.29) is 25.9 Å². The highest BCUT2D eigenvalue weighted by Gasteiger charge is 2.38. The lowest BCUT2D eigenvalue weighted by Gasteiger charge is -2.36. The van der Waals surface area contributed by atoms with Gasteiger partial charge in [0.25, 0.3) is 0 Å². The molecule has 1 atom stereocenters. The van der Waals surface area contributed by atoms with Gasteiger partial charge in [-0.25, -0.2) is 0 Å². The Morgan fingerprint density at radius 1 is 0.750 bits per heavy atom. The smallest absolute Gasteiger partial charge is 0.0697 e. The first-order chi connectivity index (χ1) is 11.6. The molecule has 0 amide bonds. The largest absolute Gasteiger partial charge is 0.396 e. The lowest BCUT2D eigenvalue weighted by atomic mass is 9.81. The van der Waals surface area contributed by atoms with E-state index in [9.17, 15) is 15.3 Å². The fraction of sp³-hybridized carbons (Fsp3) is 1.00. The summed E-state index contributed by atoms with van der Waals surface area (Å²) in [6, 6.07) is 0. The SMILES string of the molecule is CCCCCOC(CCCCCCCC(C)C)C(CO)(CO)CO. The highest BCUT2D eigenvalue weighted by atomic mass is 16.5. The molecular weight excluding hydrogens is 304 g/mol. The number of ether oxygens (including phenoxy) is 1. The van der Waals surface area contributed by atoms with Gasteiger partial charge in [-0.2, -0.15) is 0 Å². The Morgan fingerprint density at radius 2 is 1.29 bits per heavy atom. The highest BCUT2D eigenvalue weighted by molar-refractivity contribution is 4.86. The van der Waals surface area contributed by atoms with E-state index in [1.54, 1.807) is 0 Å². The molecule has 0 aliphatic rings. The number of hydrogen-bond acceptors (Lipinski definition) is 4. The van der Waals surface area contributed by atoms with Gasteiger partial charge < -0.3 is 20.1 Å². The second-order valence-electron chi connectivity index (χ2n) is 7.64. The van der Waals surface area contributed by atoms with E-state index in [0.29, 0.717) is 6.61 Å². The van der Waals surface area contributed by atoms with Crippen LogP contribution in [0, 0.1) is 11.3 Å². The van der Waals surface area contributed by atoms with Crippen molar-refractivity contribution in [3.05, 3.63) is 0 Å². The summed E-state index contributed by atoms with van der Waals surface area (Å²) in [5.74, 6) is 0.783. The molecule has 0 aromatic heterocycles. The Morgan fingerprint density at radius 3 is 1.79 bits per heavy atom. The van der Waals surface area contributed by atoms with Crippen molar-refractivity contribution in [3.8, 4) is 0 Å². The van der Waals surface area contributed by atoms with Crippen LogP contribution in [0.25, 0.3) is 0 Å². The van der Waals surface area contributed by atoms with Crippen molar-refractivity contribution in [1.82, 2.24) is 0 Å². The Bertz CT molecular complexity index is 256. The summed E-state index contributed by atoms with van der Waals surface area (Å²) in [6.45, 7) is 6.58. The Hall–Kier alpha value is -0.160. The van der Waals surface area contributed by atoms with Gasteiger partial charge in [0.1, 0.15) is 0 Å². The van der Waals surface area contributed by atoms with E-state index in [1.165, 1.54) is 25.7 Å². The molecule has 0 fully saturated rings. The van der Waals surface area contributed by atoms with Crippen molar-refractivity contribution >= 4 is 0 Å². The third-order valence-corrected chi connectivity index (χ3v) is 4.94. The average molecular weight is 347 g/mol. The maximum atomic E-state index is 9.67. The predicted octanol–water partition coefficient (Wildman–Crippen LogP) is 3.91. The number of hydrogen-bond donors (Lipinski definition) is 3. The van der Waals surface area contributed by atoms with E-state index < -0.39 is 5.41 Å². The summed E-state index contributed by atoms with van der Waals surface area (Å²) < 4.78 is 5.96. The Balaban J connectivity index is 4.24. The van der Waals surface area contributed by atoms with Crippen LogP contribution >= 0.6 is 0 Å². The first kappa shape index (κ1) is 23.8. The van der Waals surface area contributed by atoms with Crippen molar-refractivity contribution < 1.29 is 20.1 Å². The topological polar surface area (TPSA) is 69.9 Å². The van der Waals surface area contributed by atoms with Crippen molar-refractivity contribution in [2.45, 2.75) is 91.1 Å². The molecule has 0 aromatic carbocycles. The molecule has 3 N–H and O–H groups in total. The van der Waals surface area contributed by atoms with Gasteiger partial charge >= 0.3 is 0 Å². The number of unbranched alkanes of at least 4 members (excludes halogenated alkanes) is 6. The summed E-state index contributed by atoms with van der Waals surface area (Å²) in [5.41, 5.74) is -0.927. The first-order valence-electron chi connectivity index (χ1n) is 10.0. The van der Waals surface area contributed by atoms with Gasteiger partial charge in [0.05, 0.1) is 31.3 Å². The quantitative estimate of drug-likeness (QED) is 0.349. The lowest BCUT2D eigenvalue weighted by molar-refractivity contribution is -0.117. The summed E-state index contributed by atoms with van der Waals surface area (Å²) in [5, 5.41) is 29.0. The van der Waals surface area contributed by atoms with Gasteiger partial charge in [-0.3, -0.25) is 0 Å². The van der Waals surface area contributed by atoms with Crippen molar-refractivity contribution in [3.63, 3.8) is 0 Å². The lowest BCUT2D eigenvalue weighted by Crippen LogP contribution is -2.46. The van der Waals surface area contributed by atoms with Gasteiger partial charge in [-0.05, 0) is 18.8 Å². The van der Waals surface area contributed by atoms with Crippen LogP contribution in [0.15, 0.2) is 0 Å². The average Bonchev–Trinajstić information content (AvgIpc) is 2.58. The van der Waals surface area contributed by atoms with E-state index in [2.05, 4.69) is 20.8 Å². The predicted molar refractivity (Wildman–Crippen MR) is 100 cm³/mol. The van der Waals surface area contributed by atoms with Crippen LogP contribution in [-0.2, 0) is 4.74 Å². The zero-order chi connectivity index (χ0) is 18.3. The van der Waals surface area contributed by atoms with Gasteiger partial charge in [0.2, 0.25) is 0 Å². The van der Waals surface area contributed by atoms with Crippen molar-refractivity contribution in [1.29, 1.82) is 0 Å². The molecule has 146 valence electrons. The normalized spacial score (nSPS) is 13.6. The minimum absolute atomic E-state index is 0.243. The molecule has 0 rings (SSSR count). The second kappa shape index (κ2) is 15.1. The molecule has 1 unspecified atom stereocenters. The number of aliphatic hydroxyl groups excluding tert-OH is 3. The molecule has 0 radical (unpaired) electrons. The molecule has 4 heteroatoms. The fourth-order valence-corrected chi connectivity index (χ4v) is 3.01. The van der Waals surface area contributed by atoms with Gasteiger partial charge in [-0.1, -0.05) is 72.1 Å². The van der Waals surface area contributed by atoms with E-state index >= 15 is 0 Å². The van der Waals surface area contributed by atoms with Gasteiger partial charge in [0, 0.05) is 6.61 Å². The molecule has 0 spiro atoms. The third-order valence-electron chi connectivity index (χ3n) is 4.94. The minimum Gasteiger partial charge on any atom is -0.396 e. The maximum Gasteiger partial charge on any atom is 0.0697 e. The molecule has 0 bridgehead atoms. The van der Waals surface area contributed by atoms with Crippen LogP contribution in [0.1, 0.15) is 85.0 Å². The summed E-state index contributed by atoms with van der Waals surface area (Å²) in [6.07, 6.45) is 11.0. The monoisotopic (exact) mass is 346 g/mol. The zero-order valence-electron chi connectivity index (χ0n) is 16.3. The van der Waals surface area contributed by atoms with Crippen LogP contribution in [0.3, 0.4) is 0 Å². The van der Waals surface area contributed by atoms with Crippen LogP contribution in [0.2, 0.25) is 0 Å². The molecule has 0 aliphatic carbocycles. The van der Waals surface area contributed by atoms with E-state index in [0.717, 1.165) is 44.4 Å². The standard InChI is InChI=1S/C20H42O4/c1-4-5-11-14-24-19(20(15-21,16-22)17-23)13-10-8-6-7-9-12-18(2)3/h18-19,21-23H,4-17H2,1-3H3. The van der Waals surface area contributed by atoms with Crippen molar-refractivity contribution in [2.75, 3.05) is 26.4 Å². The number of aliphatic hydroxyl groups is 3. The maximum absolute atomic E-state index is 9.67. The molecule has 0 heterocycles. The molecule has 0 aromatic rings. The van der Waals surface area contributed by atoms with Crippen LogP contribution in [-0.4, -0.2) is 47.9 Å². The third kappa shape index (κ3) is 9.97. The van der Waals surface area contributed by atoms with E-state index in [1.807, 2.05) is 0 Å². The highest BCUT2D eigenvalue weighted by Crippen LogP contribution is 2.28. The Kier molecular flexibility index (Phi) is 15.0. The zero-order valence-corrected chi connectivity index (χ0v) is 16.3. The number of rotatable bonds is 17. The minimum atomic E-state index is -0.927. The summed E-state index contributed by atoms with van der Waals surface area (Å²) >= 11 is 0. The van der Waals surface area contributed by atoms with Crippen LogP contribution < -0.4 is 0 Å². The summed E-state index contributed by atoms with van der Waals surface area (Å²) in [7, 11) is 0. The van der Waals surface area contributed by atoms with Crippen molar-refractivity contribution in [2.24, 2.45) is 11.3 Å². The second-order valence-corrected chi connectivity index (χ2v) is 7.64.